The van der Waals surface area contributed by atoms with Crippen LogP contribution in [0.3, 0.4) is 0 Å². The number of anilines is 3. The summed E-state index contributed by atoms with van der Waals surface area (Å²) in [6.45, 7) is 3.79. The molecule has 3 aromatic carbocycles. The lowest BCUT2D eigenvalue weighted by Crippen LogP contribution is -2.41. The monoisotopic (exact) mass is 512 g/mol. The molecule has 3 aromatic rings. The van der Waals surface area contributed by atoms with Gasteiger partial charge in [0.1, 0.15) is 11.5 Å². The smallest absolute Gasteiger partial charge is 0.323 e. The van der Waals surface area contributed by atoms with Crippen LogP contribution in [0.4, 0.5) is 21.9 Å². The first kappa shape index (κ1) is 25.6. The molecular formula is C31H36N4O3. The minimum Gasteiger partial charge on any atom is -0.457 e. The number of nitrogens with one attached hydrogen (secondary N) is 3. The first-order chi connectivity index (χ1) is 18.5. The van der Waals surface area contributed by atoms with Gasteiger partial charge in [0, 0.05) is 42.1 Å². The number of rotatable bonds is 8. The first-order valence-electron chi connectivity index (χ1n) is 13.6. The Hall–Kier alpha value is -4.00. The predicted octanol–water partition coefficient (Wildman–Crippen LogP) is 6.64. The van der Waals surface area contributed by atoms with Gasteiger partial charge in [-0.25, -0.2) is 4.79 Å². The average molecular weight is 513 g/mol. The highest BCUT2D eigenvalue weighted by Crippen LogP contribution is 2.31. The number of carbonyl (C=O) groups is 2. The molecular weight excluding hydrogens is 476 g/mol. The molecule has 0 radical (unpaired) electrons. The summed E-state index contributed by atoms with van der Waals surface area (Å²) in [7, 11) is 0. The number of urea groups is 1. The lowest BCUT2D eigenvalue weighted by atomic mass is 9.91. The highest BCUT2D eigenvalue weighted by atomic mass is 16.5. The Kier molecular flexibility index (Phi) is 8.12. The van der Waals surface area contributed by atoms with Gasteiger partial charge in [-0.3, -0.25) is 4.79 Å². The van der Waals surface area contributed by atoms with Gasteiger partial charge in [0.05, 0.1) is 0 Å². The van der Waals surface area contributed by atoms with E-state index in [9.17, 15) is 9.59 Å². The van der Waals surface area contributed by atoms with Crippen molar-refractivity contribution < 1.29 is 14.3 Å². The van der Waals surface area contributed by atoms with E-state index in [-0.39, 0.29) is 23.9 Å². The molecule has 2 aliphatic rings. The molecule has 7 nitrogen and oxygen atoms in total. The highest BCUT2D eigenvalue weighted by molar-refractivity contribution is 5.99. The third-order valence-electron chi connectivity index (χ3n) is 7.64. The second kappa shape index (κ2) is 12.0. The Bertz CT molecular complexity index is 1210. The van der Waals surface area contributed by atoms with E-state index >= 15 is 0 Å². The number of ether oxygens (including phenoxy) is 1. The van der Waals surface area contributed by atoms with Crippen molar-refractivity contribution >= 4 is 29.0 Å². The molecule has 1 aliphatic heterocycles. The molecule has 2 unspecified atom stereocenters. The van der Waals surface area contributed by atoms with E-state index in [0.29, 0.717) is 23.0 Å². The SMILES string of the molecule is CC(C(=O)NC1CCN(c2ccc(NC(=O)Nc3ccc(Oc4ccccc4)cc3)cc2)C1)C1CCCC1. The summed E-state index contributed by atoms with van der Waals surface area (Å²) in [5, 5.41) is 9.01. The molecule has 5 rings (SSSR count). The zero-order valence-electron chi connectivity index (χ0n) is 21.9. The number of hydrogen-bond acceptors (Lipinski definition) is 4. The van der Waals surface area contributed by atoms with Gasteiger partial charge in [-0.15, -0.1) is 0 Å². The summed E-state index contributed by atoms with van der Waals surface area (Å²) in [5.41, 5.74) is 2.47. The molecule has 198 valence electrons. The van der Waals surface area contributed by atoms with Gasteiger partial charge in [0.25, 0.3) is 0 Å². The topological polar surface area (TPSA) is 82.7 Å². The van der Waals surface area contributed by atoms with E-state index in [4.69, 9.17) is 4.74 Å². The molecule has 1 saturated heterocycles. The van der Waals surface area contributed by atoms with Gasteiger partial charge in [-0.1, -0.05) is 38.0 Å². The molecule has 3 N–H and O–H groups in total. The van der Waals surface area contributed by atoms with Crippen LogP contribution in [0.25, 0.3) is 0 Å². The Morgan fingerprint density at radius 2 is 1.42 bits per heavy atom. The number of amides is 3. The Morgan fingerprint density at radius 1 is 0.816 bits per heavy atom. The van der Waals surface area contributed by atoms with Crippen LogP contribution < -0.4 is 25.6 Å². The minimum atomic E-state index is -0.310. The number of hydrogen-bond donors (Lipinski definition) is 3. The van der Waals surface area contributed by atoms with Crippen molar-refractivity contribution in [1.29, 1.82) is 0 Å². The average Bonchev–Trinajstić information content (AvgIpc) is 3.63. The second-order valence-electron chi connectivity index (χ2n) is 10.3. The maximum Gasteiger partial charge on any atom is 0.323 e. The highest BCUT2D eigenvalue weighted by Gasteiger charge is 2.30. The fourth-order valence-corrected chi connectivity index (χ4v) is 5.40. The molecule has 3 amide bonds. The Labute approximate surface area is 224 Å². The zero-order chi connectivity index (χ0) is 26.3. The van der Waals surface area contributed by atoms with Gasteiger partial charge in [-0.2, -0.15) is 0 Å². The molecule has 7 heteroatoms. The lowest BCUT2D eigenvalue weighted by molar-refractivity contribution is -0.126. The van der Waals surface area contributed by atoms with E-state index in [0.717, 1.165) is 30.9 Å². The van der Waals surface area contributed by atoms with Crippen LogP contribution in [0.5, 0.6) is 11.5 Å². The fourth-order valence-electron chi connectivity index (χ4n) is 5.40. The van der Waals surface area contributed by atoms with Crippen molar-refractivity contribution in [2.24, 2.45) is 11.8 Å². The van der Waals surface area contributed by atoms with Crippen molar-refractivity contribution in [3.63, 3.8) is 0 Å². The first-order valence-corrected chi connectivity index (χ1v) is 13.6. The van der Waals surface area contributed by atoms with Crippen LogP contribution in [0.15, 0.2) is 78.9 Å². The van der Waals surface area contributed by atoms with Gasteiger partial charge in [0.2, 0.25) is 5.91 Å². The van der Waals surface area contributed by atoms with E-state index < -0.39 is 0 Å². The van der Waals surface area contributed by atoms with Crippen LogP contribution in [0.1, 0.15) is 39.0 Å². The Balaban J connectivity index is 1.07. The van der Waals surface area contributed by atoms with Crippen molar-refractivity contribution in [3.8, 4) is 11.5 Å². The number of carbonyl (C=O) groups excluding carboxylic acids is 2. The standard InChI is InChI=1S/C31H36N4O3/c1-22(23-7-5-6-8-23)30(36)32-26-19-20-35(21-26)27-15-11-24(12-16-27)33-31(37)34-25-13-17-29(18-14-25)38-28-9-3-2-4-10-28/h2-4,9-18,22-23,26H,5-8,19-21H2,1H3,(H,32,36)(H2,33,34,37). The molecule has 2 fully saturated rings. The van der Waals surface area contributed by atoms with Gasteiger partial charge >= 0.3 is 6.03 Å². The molecule has 1 heterocycles. The summed E-state index contributed by atoms with van der Waals surface area (Å²) in [4.78, 5) is 27.5. The molecule has 2 atom stereocenters. The van der Waals surface area contributed by atoms with Gasteiger partial charge in [0.15, 0.2) is 0 Å². The van der Waals surface area contributed by atoms with Crippen LogP contribution in [0.2, 0.25) is 0 Å². The third kappa shape index (κ3) is 6.65. The van der Waals surface area contributed by atoms with E-state index in [1.807, 2.05) is 66.7 Å². The minimum absolute atomic E-state index is 0.101. The molecule has 1 aliphatic carbocycles. The largest absolute Gasteiger partial charge is 0.457 e. The Morgan fingerprint density at radius 3 is 2.08 bits per heavy atom. The summed E-state index contributed by atoms with van der Waals surface area (Å²) < 4.78 is 5.79. The normalized spacial score (nSPS) is 18.1. The quantitative estimate of drug-likeness (QED) is 0.316. The van der Waals surface area contributed by atoms with Crippen LogP contribution in [0, 0.1) is 11.8 Å². The van der Waals surface area contributed by atoms with Crippen LogP contribution in [-0.4, -0.2) is 31.1 Å². The molecule has 1 saturated carbocycles. The summed E-state index contributed by atoms with van der Waals surface area (Å²) in [6, 6.07) is 24.5. The fraction of sp³-hybridized carbons (Fsp3) is 0.355. The molecule has 0 bridgehead atoms. The van der Waals surface area contributed by atoms with Crippen LogP contribution >= 0.6 is 0 Å². The maximum atomic E-state index is 12.7. The number of para-hydroxylation sites is 1. The van der Waals surface area contributed by atoms with Gasteiger partial charge in [-0.05, 0) is 85.8 Å². The lowest BCUT2D eigenvalue weighted by Gasteiger charge is -2.22. The van der Waals surface area contributed by atoms with Crippen molar-refractivity contribution in [2.75, 3.05) is 28.6 Å². The second-order valence-corrected chi connectivity index (χ2v) is 10.3. The number of benzene rings is 3. The zero-order valence-corrected chi connectivity index (χ0v) is 21.9. The van der Waals surface area contributed by atoms with E-state index in [2.05, 4.69) is 27.8 Å². The molecule has 38 heavy (non-hydrogen) atoms. The molecule has 0 spiro atoms. The van der Waals surface area contributed by atoms with E-state index in [1.54, 1.807) is 12.1 Å². The summed E-state index contributed by atoms with van der Waals surface area (Å²) in [6.07, 6.45) is 5.81. The summed E-state index contributed by atoms with van der Waals surface area (Å²) >= 11 is 0. The van der Waals surface area contributed by atoms with Gasteiger partial charge < -0.3 is 25.6 Å². The van der Waals surface area contributed by atoms with Crippen molar-refractivity contribution in [1.82, 2.24) is 5.32 Å². The predicted molar refractivity (Wildman–Crippen MR) is 152 cm³/mol. The third-order valence-corrected chi connectivity index (χ3v) is 7.64. The summed E-state index contributed by atoms with van der Waals surface area (Å²) in [5.74, 6) is 2.30. The van der Waals surface area contributed by atoms with Crippen molar-refractivity contribution in [2.45, 2.75) is 45.1 Å². The maximum absolute atomic E-state index is 12.7. The van der Waals surface area contributed by atoms with E-state index in [1.165, 1.54) is 25.7 Å². The van der Waals surface area contributed by atoms with Crippen LogP contribution in [-0.2, 0) is 4.79 Å². The van der Waals surface area contributed by atoms with Crippen molar-refractivity contribution in [3.05, 3.63) is 78.9 Å². The number of nitrogens with zero attached hydrogens (tertiary/aromatic N) is 1. The molecule has 0 aromatic heterocycles.